The van der Waals surface area contributed by atoms with Crippen molar-refractivity contribution >= 4 is 17.5 Å². The zero-order valence-corrected chi connectivity index (χ0v) is 17.5. The highest BCUT2D eigenvalue weighted by Gasteiger charge is 2.31. The quantitative estimate of drug-likeness (QED) is 0.623. The first-order valence-electron chi connectivity index (χ1n) is 10.0. The van der Waals surface area contributed by atoms with Gasteiger partial charge in [0.25, 0.3) is 5.56 Å². The van der Waals surface area contributed by atoms with Crippen molar-refractivity contribution in [3.05, 3.63) is 80.9 Å². The molecule has 2 aromatic heterocycles. The molecule has 1 unspecified atom stereocenters. The Morgan fingerprint density at radius 3 is 2.80 bits per heavy atom. The SMILES string of the molecule is Cc1ccc(=O)n(CC(=O)N2CCCCC2c2ncc(Cc3ccc(Cl)cc3)o2)n1. The third-order valence-corrected chi connectivity index (χ3v) is 5.51. The Labute approximate surface area is 179 Å². The number of carbonyl (C=O) groups is 1. The van der Waals surface area contributed by atoms with E-state index < -0.39 is 0 Å². The summed E-state index contributed by atoms with van der Waals surface area (Å²) in [5.74, 6) is 1.12. The van der Waals surface area contributed by atoms with Crippen LogP contribution in [0.1, 0.15) is 48.2 Å². The van der Waals surface area contributed by atoms with E-state index in [9.17, 15) is 9.59 Å². The number of benzene rings is 1. The Morgan fingerprint density at radius 2 is 2.00 bits per heavy atom. The predicted octanol–water partition coefficient (Wildman–Crippen LogP) is 3.54. The first-order chi connectivity index (χ1) is 14.5. The third kappa shape index (κ3) is 4.62. The Kier molecular flexibility index (Phi) is 5.99. The molecule has 1 fully saturated rings. The fraction of sp³-hybridized carbons (Fsp3) is 0.364. The summed E-state index contributed by atoms with van der Waals surface area (Å²) in [7, 11) is 0. The predicted molar refractivity (Wildman–Crippen MR) is 112 cm³/mol. The lowest BCUT2D eigenvalue weighted by Gasteiger charge is -2.33. The molecular weight excluding hydrogens is 404 g/mol. The van der Waals surface area contributed by atoms with E-state index in [1.54, 1.807) is 24.1 Å². The number of rotatable bonds is 5. The van der Waals surface area contributed by atoms with Crippen molar-refractivity contribution in [2.75, 3.05) is 6.54 Å². The maximum Gasteiger partial charge on any atom is 0.267 e. The zero-order chi connectivity index (χ0) is 21.1. The van der Waals surface area contributed by atoms with Gasteiger partial charge in [-0.05, 0) is 49.9 Å². The molecule has 0 radical (unpaired) electrons. The largest absolute Gasteiger partial charge is 0.443 e. The molecule has 8 heteroatoms. The molecule has 0 saturated carbocycles. The number of aryl methyl sites for hydroxylation is 1. The maximum atomic E-state index is 13.0. The van der Waals surface area contributed by atoms with Gasteiger partial charge in [-0.1, -0.05) is 23.7 Å². The van der Waals surface area contributed by atoms with Crippen LogP contribution in [0.25, 0.3) is 0 Å². The Morgan fingerprint density at radius 1 is 1.20 bits per heavy atom. The standard InChI is InChI=1S/C22H23ClN4O3/c1-15-5-10-20(28)27(25-15)14-21(29)26-11-3-2-4-19(26)22-24-13-18(30-22)12-16-6-8-17(23)9-7-16/h5-10,13,19H,2-4,11-12,14H2,1H3. The van der Waals surface area contributed by atoms with Gasteiger partial charge in [0.15, 0.2) is 0 Å². The first-order valence-corrected chi connectivity index (χ1v) is 10.4. The maximum absolute atomic E-state index is 13.0. The van der Waals surface area contributed by atoms with Crippen LogP contribution in [0.3, 0.4) is 0 Å². The van der Waals surface area contributed by atoms with Crippen molar-refractivity contribution < 1.29 is 9.21 Å². The number of likely N-dealkylation sites (tertiary alicyclic amines) is 1. The third-order valence-electron chi connectivity index (χ3n) is 5.26. The van der Waals surface area contributed by atoms with E-state index in [-0.39, 0.29) is 24.1 Å². The monoisotopic (exact) mass is 426 g/mol. The Bertz CT molecular complexity index is 1090. The van der Waals surface area contributed by atoms with E-state index in [0.29, 0.717) is 29.6 Å². The molecule has 1 aromatic carbocycles. The van der Waals surface area contributed by atoms with Gasteiger partial charge in [-0.25, -0.2) is 9.67 Å². The van der Waals surface area contributed by atoms with Gasteiger partial charge in [-0.15, -0.1) is 0 Å². The van der Waals surface area contributed by atoms with Crippen molar-refractivity contribution in [3.8, 4) is 0 Å². The summed E-state index contributed by atoms with van der Waals surface area (Å²) in [6.07, 6.45) is 5.01. The minimum Gasteiger partial charge on any atom is -0.443 e. The second-order valence-electron chi connectivity index (χ2n) is 7.54. The molecule has 1 amide bonds. The molecule has 1 aliphatic rings. The number of hydrogen-bond donors (Lipinski definition) is 0. The van der Waals surface area contributed by atoms with Crippen molar-refractivity contribution in [2.45, 2.75) is 45.2 Å². The van der Waals surface area contributed by atoms with Gasteiger partial charge in [-0.2, -0.15) is 5.10 Å². The number of piperidine rings is 1. The smallest absolute Gasteiger partial charge is 0.267 e. The molecule has 1 aliphatic heterocycles. The van der Waals surface area contributed by atoms with Crippen molar-refractivity contribution in [1.29, 1.82) is 0 Å². The van der Waals surface area contributed by atoms with Crippen LogP contribution in [0.15, 0.2) is 51.8 Å². The average molecular weight is 427 g/mol. The fourth-order valence-electron chi connectivity index (χ4n) is 3.73. The minimum atomic E-state index is -0.288. The molecule has 3 heterocycles. The van der Waals surface area contributed by atoms with E-state index in [4.69, 9.17) is 16.0 Å². The van der Waals surface area contributed by atoms with Crippen molar-refractivity contribution in [3.63, 3.8) is 0 Å². The first kappa shape index (κ1) is 20.3. The van der Waals surface area contributed by atoms with Gasteiger partial charge >= 0.3 is 0 Å². The highest BCUT2D eigenvalue weighted by Crippen LogP contribution is 2.31. The molecular formula is C22H23ClN4O3. The van der Waals surface area contributed by atoms with Crippen molar-refractivity contribution in [2.24, 2.45) is 0 Å². The second kappa shape index (κ2) is 8.83. The van der Waals surface area contributed by atoms with Gasteiger partial charge < -0.3 is 9.32 Å². The second-order valence-corrected chi connectivity index (χ2v) is 7.97. The van der Waals surface area contributed by atoms with Crippen molar-refractivity contribution in [1.82, 2.24) is 19.7 Å². The molecule has 7 nitrogen and oxygen atoms in total. The van der Waals surface area contributed by atoms with Gasteiger partial charge in [0.2, 0.25) is 11.8 Å². The number of aromatic nitrogens is 3. The lowest BCUT2D eigenvalue weighted by Crippen LogP contribution is -2.42. The molecule has 30 heavy (non-hydrogen) atoms. The Balaban J connectivity index is 1.50. The summed E-state index contributed by atoms with van der Waals surface area (Å²) in [5.41, 5.74) is 1.48. The van der Waals surface area contributed by atoms with Crippen LogP contribution in [-0.2, 0) is 17.8 Å². The van der Waals surface area contributed by atoms with E-state index >= 15 is 0 Å². The molecule has 0 bridgehead atoms. The van der Waals surface area contributed by atoms with E-state index in [1.165, 1.54) is 10.7 Å². The zero-order valence-electron chi connectivity index (χ0n) is 16.8. The number of amides is 1. The molecule has 4 rings (SSSR count). The van der Waals surface area contributed by atoms with E-state index in [2.05, 4.69) is 10.1 Å². The summed E-state index contributed by atoms with van der Waals surface area (Å²) < 4.78 is 7.22. The van der Waals surface area contributed by atoms with Crippen LogP contribution in [-0.4, -0.2) is 32.1 Å². The Hall–Kier alpha value is -2.93. The van der Waals surface area contributed by atoms with Crippen LogP contribution in [0, 0.1) is 6.92 Å². The number of halogens is 1. The number of nitrogens with zero attached hydrogens (tertiary/aromatic N) is 4. The minimum absolute atomic E-state index is 0.0879. The van der Waals surface area contributed by atoms with Crippen LogP contribution in [0.4, 0.5) is 0 Å². The molecule has 3 aromatic rings. The highest BCUT2D eigenvalue weighted by atomic mass is 35.5. The summed E-state index contributed by atoms with van der Waals surface area (Å²) in [4.78, 5) is 31.2. The van der Waals surface area contributed by atoms with Crippen LogP contribution in [0.5, 0.6) is 0 Å². The lowest BCUT2D eigenvalue weighted by atomic mass is 10.0. The van der Waals surface area contributed by atoms with Gasteiger partial charge in [-0.3, -0.25) is 9.59 Å². The van der Waals surface area contributed by atoms with Gasteiger partial charge in [0.05, 0.1) is 11.9 Å². The lowest BCUT2D eigenvalue weighted by molar-refractivity contribution is -0.136. The molecule has 0 aliphatic carbocycles. The molecule has 1 saturated heterocycles. The average Bonchev–Trinajstić information content (AvgIpc) is 3.21. The van der Waals surface area contributed by atoms with Crippen LogP contribution >= 0.6 is 11.6 Å². The molecule has 0 N–H and O–H groups in total. The fourth-order valence-corrected chi connectivity index (χ4v) is 3.86. The number of carbonyl (C=O) groups excluding carboxylic acids is 1. The summed E-state index contributed by atoms with van der Waals surface area (Å²) in [5, 5.41) is 4.86. The number of oxazole rings is 1. The molecule has 156 valence electrons. The molecule has 0 spiro atoms. The van der Waals surface area contributed by atoms with Gasteiger partial charge in [0, 0.05) is 24.1 Å². The van der Waals surface area contributed by atoms with Crippen LogP contribution < -0.4 is 5.56 Å². The van der Waals surface area contributed by atoms with Crippen LogP contribution in [0.2, 0.25) is 5.02 Å². The number of hydrogen-bond acceptors (Lipinski definition) is 5. The van der Waals surface area contributed by atoms with E-state index in [1.807, 2.05) is 24.3 Å². The highest BCUT2D eigenvalue weighted by molar-refractivity contribution is 6.30. The summed E-state index contributed by atoms with van der Waals surface area (Å²) >= 11 is 5.94. The summed E-state index contributed by atoms with van der Waals surface area (Å²) in [6, 6.07) is 10.4. The summed E-state index contributed by atoms with van der Waals surface area (Å²) in [6.45, 7) is 2.31. The normalized spacial score (nSPS) is 16.6. The topological polar surface area (TPSA) is 81.2 Å². The molecule has 1 atom stereocenters. The van der Waals surface area contributed by atoms with Gasteiger partial charge in [0.1, 0.15) is 18.3 Å². The van der Waals surface area contributed by atoms with E-state index in [0.717, 1.165) is 30.6 Å².